The summed E-state index contributed by atoms with van der Waals surface area (Å²) in [7, 11) is 0. The molecule has 0 atom stereocenters. The van der Waals surface area contributed by atoms with Gasteiger partial charge >= 0.3 is 0 Å². The first kappa shape index (κ1) is 19.0. The van der Waals surface area contributed by atoms with Gasteiger partial charge in [-0.2, -0.15) is 0 Å². The highest BCUT2D eigenvalue weighted by atomic mass is 35.5. The van der Waals surface area contributed by atoms with Crippen molar-refractivity contribution in [2.45, 2.75) is 12.8 Å². The summed E-state index contributed by atoms with van der Waals surface area (Å²) in [5.74, 6) is -1.56. The summed E-state index contributed by atoms with van der Waals surface area (Å²) in [5.41, 5.74) is 5.26. The Labute approximate surface area is 166 Å². The normalized spacial score (nSPS) is 10.6. The molecule has 0 saturated carbocycles. The van der Waals surface area contributed by atoms with Crippen LogP contribution in [0.25, 0.3) is 11.3 Å². The number of hydrogen-bond acceptors (Lipinski definition) is 3. The van der Waals surface area contributed by atoms with Gasteiger partial charge in [-0.25, -0.2) is 0 Å². The molecule has 0 fully saturated rings. The van der Waals surface area contributed by atoms with Gasteiger partial charge in [-0.1, -0.05) is 47.5 Å². The molecule has 0 aliphatic carbocycles. The first-order valence-electron chi connectivity index (χ1n) is 8.18. The summed E-state index contributed by atoms with van der Waals surface area (Å²) in [6.07, 6.45) is 0.0464. The second-order valence-electron chi connectivity index (χ2n) is 5.84. The van der Waals surface area contributed by atoms with Gasteiger partial charge in [0.2, 0.25) is 0 Å². The Balaban J connectivity index is 1.98. The molecule has 0 unspecified atom stereocenters. The largest absolute Gasteiger partial charge is 0.550 e. The second kappa shape index (κ2) is 8.29. The maximum atomic E-state index is 12.7. The van der Waals surface area contributed by atoms with E-state index in [9.17, 15) is 14.7 Å². The number of benzene rings is 2. The minimum absolute atomic E-state index is 0.161. The lowest BCUT2D eigenvalue weighted by molar-refractivity contribution is -0.305. The van der Waals surface area contributed by atoms with E-state index < -0.39 is 11.9 Å². The Morgan fingerprint density at radius 2 is 1.67 bits per heavy atom. The molecule has 1 N–H and O–H groups in total. The molecule has 3 aromatic rings. The van der Waals surface area contributed by atoms with Gasteiger partial charge in [0.1, 0.15) is 0 Å². The van der Waals surface area contributed by atoms with Gasteiger partial charge in [0.25, 0.3) is 5.91 Å². The number of carboxylic acids is 1. The van der Waals surface area contributed by atoms with Crippen LogP contribution in [0.4, 0.5) is 0 Å². The van der Waals surface area contributed by atoms with Crippen molar-refractivity contribution in [3.63, 3.8) is 0 Å². The molecule has 5 nitrogen and oxygen atoms in total. The molecule has 0 spiro atoms. The van der Waals surface area contributed by atoms with Crippen molar-refractivity contribution in [3.8, 4) is 11.3 Å². The Morgan fingerprint density at radius 3 is 2.33 bits per heavy atom. The van der Waals surface area contributed by atoms with E-state index in [1.165, 1.54) is 0 Å². The molecule has 3 rings (SSSR count). The molecule has 138 valence electrons. The van der Waals surface area contributed by atoms with Crippen molar-refractivity contribution in [1.29, 1.82) is 0 Å². The maximum Gasteiger partial charge on any atom is 0.271 e. The average molecular weight is 402 g/mol. The Bertz CT molecular complexity index is 981. The Kier molecular flexibility index (Phi) is 5.84. The van der Waals surface area contributed by atoms with Gasteiger partial charge in [-0.15, -0.1) is 0 Å². The number of hydrogen-bond donors (Lipinski definition) is 1. The van der Waals surface area contributed by atoms with E-state index in [4.69, 9.17) is 23.2 Å². The zero-order chi connectivity index (χ0) is 19.4. The molecule has 0 saturated heterocycles. The van der Waals surface area contributed by atoms with Crippen molar-refractivity contribution in [2.75, 3.05) is 5.43 Å². The summed E-state index contributed by atoms with van der Waals surface area (Å²) in [6.45, 7) is 0. The lowest BCUT2D eigenvalue weighted by Gasteiger charge is -2.16. The molecule has 1 amide bonds. The highest BCUT2D eigenvalue weighted by molar-refractivity contribution is 6.34. The molecular formula is C20H15Cl2N2O3-. The minimum atomic E-state index is -1.16. The summed E-state index contributed by atoms with van der Waals surface area (Å²) in [5, 5.41) is 11.8. The molecule has 1 aromatic heterocycles. The molecule has 0 aliphatic heterocycles. The third-order valence-electron chi connectivity index (χ3n) is 4.02. The van der Waals surface area contributed by atoms with Crippen molar-refractivity contribution in [2.24, 2.45) is 0 Å². The smallest absolute Gasteiger partial charge is 0.271 e. The van der Waals surface area contributed by atoms with Crippen LogP contribution in [0.15, 0.2) is 60.7 Å². The molecule has 0 aliphatic rings. The predicted molar refractivity (Wildman–Crippen MR) is 103 cm³/mol. The number of nitrogens with one attached hydrogen (secondary N) is 1. The topological polar surface area (TPSA) is 74.2 Å². The van der Waals surface area contributed by atoms with Gasteiger partial charge in [0.15, 0.2) is 0 Å². The molecule has 2 aromatic carbocycles. The fourth-order valence-electron chi connectivity index (χ4n) is 2.69. The Hall–Kier alpha value is -2.76. The molecule has 0 bridgehead atoms. The summed E-state index contributed by atoms with van der Waals surface area (Å²) >= 11 is 12.1. The zero-order valence-electron chi connectivity index (χ0n) is 14.1. The predicted octanol–water partition coefficient (Wildman–Crippen LogP) is 3.53. The quantitative estimate of drug-likeness (QED) is 0.686. The number of amides is 1. The van der Waals surface area contributed by atoms with Gasteiger partial charge in [0, 0.05) is 22.2 Å². The summed E-state index contributed by atoms with van der Waals surface area (Å²) < 4.78 is 1.57. The molecule has 1 heterocycles. The second-order valence-corrected chi connectivity index (χ2v) is 6.69. The average Bonchev–Trinajstić information content (AvgIpc) is 3.03. The third-order valence-corrected chi connectivity index (χ3v) is 4.60. The molecular weight excluding hydrogens is 387 g/mol. The highest BCUT2D eigenvalue weighted by Gasteiger charge is 2.15. The molecule has 7 heteroatoms. The monoisotopic (exact) mass is 401 g/mol. The molecule has 27 heavy (non-hydrogen) atoms. The van der Waals surface area contributed by atoms with Crippen LogP contribution in [0, 0.1) is 0 Å². The van der Waals surface area contributed by atoms with E-state index in [0.29, 0.717) is 27.0 Å². The standard InChI is InChI=1S/C20H16Cl2N2O3/c21-14-7-5-13(6-8-14)18-11-9-15(10-12-19(25)26)24(18)23-20(27)16-3-1-2-4-17(16)22/h1-9,11H,10,12H2,(H,23,27)(H,25,26)/p-1. The van der Waals surface area contributed by atoms with Crippen LogP contribution < -0.4 is 10.5 Å². The first-order chi connectivity index (χ1) is 13.0. The first-order valence-corrected chi connectivity index (χ1v) is 8.93. The van der Waals surface area contributed by atoms with Gasteiger partial charge in [-0.3, -0.25) is 14.9 Å². The third kappa shape index (κ3) is 4.51. The SMILES string of the molecule is O=C([O-])CCc1ccc(-c2ccc(Cl)cc2)n1NC(=O)c1ccccc1Cl. The lowest BCUT2D eigenvalue weighted by atomic mass is 10.1. The number of aromatic nitrogens is 1. The van der Waals surface area contributed by atoms with Crippen LogP contribution in [0.5, 0.6) is 0 Å². The number of carboxylic acid groups (broad SMARTS) is 1. The number of aliphatic carboxylic acids is 1. The van der Waals surface area contributed by atoms with E-state index in [0.717, 1.165) is 5.56 Å². The van der Waals surface area contributed by atoms with E-state index in [2.05, 4.69) is 5.43 Å². The van der Waals surface area contributed by atoms with E-state index in [-0.39, 0.29) is 12.8 Å². The summed E-state index contributed by atoms with van der Waals surface area (Å²) in [6, 6.07) is 17.4. The lowest BCUT2D eigenvalue weighted by Crippen LogP contribution is -2.27. The van der Waals surface area contributed by atoms with Crippen LogP contribution in [-0.2, 0) is 11.2 Å². The number of carbonyl (C=O) groups excluding carboxylic acids is 2. The van der Waals surface area contributed by atoms with Gasteiger partial charge in [0.05, 0.1) is 16.3 Å². The number of nitrogens with zero attached hydrogens (tertiary/aromatic N) is 1. The fraction of sp³-hybridized carbons (Fsp3) is 0.100. The van der Waals surface area contributed by atoms with Crippen LogP contribution in [-0.4, -0.2) is 16.6 Å². The van der Waals surface area contributed by atoms with Crippen LogP contribution in [0.2, 0.25) is 10.0 Å². The van der Waals surface area contributed by atoms with Crippen molar-refractivity contribution in [3.05, 3.63) is 82.0 Å². The van der Waals surface area contributed by atoms with Crippen molar-refractivity contribution in [1.82, 2.24) is 4.68 Å². The van der Waals surface area contributed by atoms with E-state index in [1.807, 2.05) is 12.1 Å². The van der Waals surface area contributed by atoms with E-state index >= 15 is 0 Å². The van der Waals surface area contributed by atoms with Crippen LogP contribution in [0.3, 0.4) is 0 Å². The minimum Gasteiger partial charge on any atom is -0.550 e. The van der Waals surface area contributed by atoms with Crippen LogP contribution in [0.1, 0.15) is 22.5 Å². The summed E-state index contributed by atoms with van der Waals surface area (Å²) in [4.78, 5) is 23.5. The Morgan fingerprint density at radius 1 is 0.963 bits per heavy atom. The van der Waals surface area contributed by atoms with Gasteiger partial charge < -0.3 is 9.90 Å². The maximum absolute atomic E-state index is 12.7. The van der Waals surface area contributed by atoms with E-state index in [1.54, 1.807) is 53.2 Å². The van der Waals surface area contributed by atoms with Crippen molar-refractivity contribution < 1.29 is 14.7 Å². The number of aryl methyl sites for hydroxylation is 1. The fourth-order valence-corrected chi connectivity index (χ4v) is 3.04. The van der Waals surface area contributed by atoms with Crippen LogP contribution >= 0.6 is 23.2 Å². The number of halogens is 2. The number of rotatable bonds is 6. The van der Waals surface area contributed by atoms with Gasteiger partial charge in [-0.05, 0) is 49.2 Å². The number of carbonyl (C=O) groups is 2. The van der Waals surface area contributed by atoms with Crippen molar-refractivity contribution >= 4 is 35.1 Å². The highest BCUT2D eigenvalue weighted by Crippen LogP contribution is 2.25. The molecule has 0 radical (unpaired) electrons. The zero-order valence-corrected chi connectivity index (χ0v) is 15.6.